The van der Waals surface area contributed by atoms with E-state index in [1.54, 1.807) is 36.4 Å². The zero-order chi connectivity index (χ0) is 14.7. The summed E-state index contributed by atoms with van der Waals surface area (Å²) >= 11 is 0. The van der Waals surface area contributed by atoms with Gasteiger partial charge in [-0.05, 0) is 36.4 Å². The van der Waals surface area contributed by atoms with Crippen molar-refractivity contribution in [1.29, 1.82) is 0 Å². The minimum absolute atomic E-state index is 0.242. The standard InChI is InChI=1S/C15H13FN4O/c16-11-3-1-2-10(8-11)15-18-14(19-20-15)9-21-13-6-4-12(17)5-7-13/h1-8H,9,17H2,(H,18,19,20). The lowest BCUT2D eigenvalue weighted by atomic mass is 10.2. The first-order chi connectivity index (χ1) is 10.2. The van der Waals surface area contributed by atoms with Crippen molar-refractivity contribution in [3.8, 4) is 17.1 Å². The van der Waals surface area contributed by atoms with Gasteiger partial charge in [0.25, 0.3) is 0 Å². The molecule has 0 spiro atoms. The molecule has 106 valence electrons. The van der Waals surface area contributed by atoms with Crippen LogP contribution < -0.4 is 10.5 Å². The molecule has 1 aromatic heterocycles. The first-order valence-electron chi connectivity index (χ1n) is 6.36. The number of hydrogen-bond donors (Lipinski definition) is 2. The molecule has 0 fully saturated rings. The number of anilines is 1. The van der Waals surface area contributed by atoms with Gasteiger partial charge in [-0.1, -0.05) is 12.1 Å². The minimum atomic E-state index is -0.322. The number of nitrogens with one attached hydrogen (secondary N) is 1. The average Bonchev–Trinajstić information content (AvgIpc) is 2.96. The molecule has 5 nitrogen and oxygen atoms in total. The molecular formula is C15H13FN4O. The Morgan fingerprint density at radius 3 is 2.71 bits per heavy atom. The number of hydrogen-bond acceptors (Lipinski definition) is 4. The number of halogens is 1. The van der Waals surface area contributed by atoms with E-state index < -0.39 is 0 Å². The zero-order valence-electron chi connectivity index (χ0n) is 11.1. The third-order valence-electron chi connectivity index (χ3n) is 2.87. The van der Waals surface area contributed by atoms with E-state index in [9.17, 15) is 4.39 Å². The molecule has 21 heavy (non-hydrogen) atoms. The van der Waals surface area contributed by atoms with E-state index in [0.29, 0.717) is 28.6 Å². The molecule has 0 saturated carbocycles. The van der Waals surface area contributed by atoms with Crippen molar-refractivity contribution in [2.75, 3.05) is 5.73 Å². The Labute approximate surface area is 120 Å². The van der Waals surface area contributed by atoms with E-state index in [0.717, 1.165) is 0 Å². The van der Waals surface area contributed by atoms with Crippen LogP contribution in [0.2, 0.25) is 0 Å². The Morgan fingerprint density at radius 2 is 1.95 bits per heavy atom. The molecule has 0 unspecified atom stereocenters. The van der Waals surface area contributed by atoms with Gasteiger partial charge in [0.1, 0.15) is 18.2 Å². The van der Waals surface area contributed by atoms with Crippen molar-refractivity contribution in [1.82, 2.24) is 15.2 Å². The Hall–Kier alpha value is -2.89. The maximum atomic E-state index is 13.2. The summed E-state index contributed by atoms with van der Waals surface area (Å²) in [4.78, 5) is 4.27. The second-order valence-electron chi connectivity index (χ2n) is 4.47. The van der Waals surface area contributed by atoms with E-state index in [1.165, 1.54) is 12.1 Å². The molecule has 2 aromatic carbocycles. The topological polar surface area (TPSA) is 76.8 Å². The van der Waals surface area contributed by atoms with Crippen LogP contribution in [0.25, 0.3) is 11.4 Å². The largest absolute Gasteiger partial charge is 0.486 e. The highest BCUT2D eigenvalue weighted by atomic mass is 19.1. The highest BCUT2D eigenvalue weighted by Crippen LogP contribution is 2.17. The van der Waals surface area contributed by atoms with Crippen LogP contribution in [0.3, 0.4) is 0 Å². The van der Waals surface area contributed by atoms with Crippen LogP contribution in [0, 0.1) is 5.82 Å². The zero-order valence-corrected chi connectivity index (χ0v) is 11.1. The van der Waals surface area contributed by atoms with Crippen LogP contribution in [0.1, 0.15) is 5.82 Å². The minimum Gasteiger partial charge on any atom is -0.486 e. The predicted molar refractivity (Wildman–Crippen MR) is 77.0 cm³/mol. The van der Waals surface area contributed by atoms with Crippen molar-refractivity contribution >= 4 is 5.69 Å². The summed E-state index contributed by atoms with van der Waals surface area (Å²) in [6.45, 7) is 0.242. The SMILES string of the molecule is Nc1ccc(OCc2nc(-c3cccc(F)c3)n[nH]2)cc1. The molecule has 3 aromatic rings. The molecule has 0 saturated heterocycles. The summed E-state index contributed by atoms with van der Waals surface area (Å²) in [7, 11) is 0. The third-order valence-corrected chi connectivity index (χ3v) is 2.87. The summed E-state index contributed by atoms with van der Waals surface area (Å²) in [5, 5.41) is 6.82. The molecule has 0 amide bonds. The van der Waals surface area contributed by atoms with Gasteiger partial charge in [-0.15, -0.1) is 0 Å². The summed E-state index contributed by atoms with van der Waals surface area (Å²) in [5.41, 5.74) is 6.89. The fourth-order valence-electron chi connectivity index (χ4n) is 1.83. The van der Waals surface area contributed by atoms with E-state index in [1.807, 2.05) is 0 Å². The van der Waals surface area contributed by atoms with Gasteiger partial charge >= 0.3 is 0 Å². The van der Waals surface area contributed by atoms with E-state index in [2.05, 4.69) is 15.2 Å². The molecule has 0 atom stereocenters. The fraction of sp³-hybridized carbons (Fsp3) is 0.0667. The normalized spacial score (nSPS) is 10.5. The molecule has 0 aliphatic heterocycles. The lowest BCUT2D eigenvalue weighted by molar-refractivity contribution is 0.296. The van der Waals surface area contributed by atoms with Crippen LogP contribution in [-0.4, -0.2) is 15.2 Å². The summed E-state index contributed by atoms with van der Waals surface area (Å²) in [5.74, 6) is 1.36. The van der Waals surface area contributed by atoms with Gasteiger partial charge in [0.15, 0.2) is 11.6 Å². The van der Waals surface area contributed by atoms with Crippen molar-refractivity contribution in [3.63, 3.8) is 0 Å². The van der Waals surface area contributed by atoms with Crippen LogP contribution in [-0.2, 0) is 6.61 Å². The molecule has 3 rings (SSSR count). The van der Waals surface area contributed by atoms with Crippen molar-refractivity contribution in [2.45, 2.75) is 6.61 Å². The third kappa shape index (κ3) is 3.17. The van der Waals surface area contributed by atoms with E-state index in [-0.39, 0.29) is 12.4 Å². The maximum absolute atomic E-state index is 13.2. The number of nitrogens with zero attached hydrogens (tertiary/aromatic N) is 2. The maximum Gasteiger partial charge on any atom is 0.181 e. The first-order valence-corrected chi connectivity index (χ1v) is 6.36. The molecule has 0 aliphatic carbocycles. The second-order valence-corrected chi connectivity index (χ2v) is 4.47. The molecule has 1 heterocycles. The van der Waals surface area contributed by atoms with Gasteiger partial charge in [0.2, 0.25) is 0 Å². The number of aromatic amines is 1. The van der Waals surface area contributed by atoms with Crippen LogP contribution in [0.5, 0.6) is 5.75 Å². The fourth-order valence-corrected chi connectivity index (χ4v) is 1.83. The van der Waals surface area contributed by atoms with Crippen LogP contribution in [0.4, 0.5) is 10.1 Å². The molecule has 6 heteroatoms. The second kappa shape index (κ2) is 5.62. The molecule has 0 aliphatic rings. The average molecular weight is 284 g/mol. The number of ether oxygens (including phenoxy) is 1. The van der Waals surface area contributed by atoms with Crippen molar-refractivity contribution in [3.05, 3.63) is 60.2 Å². The highest BCUT2D eigenvalue weighted by molar-refractivity contribution is 5.54. The molecule has 0 bridgehead atoms. The molecule has 0 radical (unpaired) electrons. The Kier molecular flexibility index (Phi) is 3.51. The van der Waals surface area contributed by atoms with Gasteiger partial charge in [-0.3, -0.25) is 5.10 Å². The number of rotatable bonds is 4. The Morgan fingerprint density at radius 1 is 1.14 bits per heavy atom. The first kappa shape index (κ1) is 13.1. The smallest absolute Gasteiger partial charge is 0.181 e. The number of nitrogens with two attached hydrogens (primary N) is 1. The number of aromatic nitrogens is 3. The van der Waals surface area contributed by atoms with E-state index in [4.69, 9.17) is 10.5 Å². The Bertz CT molecular complexity index is 739. The highest BCUT2D eigenvalue weighted by Gasteiger charge is 2.07. The Balaban J connectivity index is 1.69. The van der Waals surface area contributed by atoms with Gasteiger partial charge in [-0.2, -0.15) is 5.10 Å². The molecular weight excluding hydrogens is 271 g/mol. The van der Waals surface area contributed by atoms with Gasteiger partial charge in [0.05, 0.1) is 0 Å². The summed E-state index contributed by atoms with van der Waals surface area (Å²) in [6.07, 6.45) is 0. The van der Waals surface area contributed by atoms with Crippen LogP contribution in [0.15, 0.2) is 48.5 Å². The monoisotopic (exact) mass is 284 g/mol. The number of nitrogen functional groups attached to an aromatic ring is 1. The quantitative estimate of drug-likeness (QED) is 0.722. The van der Waals surface area contributed by atoms with Gasteiger partial charge < -0.3 is 10.5 Å². The van der Waals surface area contributed by atoms with Crippen molar-refractivity contribution in [2.24, 2.45) is 0 Å². The number of H-pyrrole nitrogens is 1. The summed E-state index contributed by atoms with van der Waals surface area (Å²) in [6, 6.07) is 13.2. The summed E-state index contributed by atoms with van der Waals surface area (Å²) < 4.78 is 18.7. The van der Waals surface area contributed by atoms with Crippen molar-refractivity contribution < 1.29 is 9.13 Å². The predicted octanol–water partition coefficient (Wildman–Crippen LogP) is 2.77. The number of benzene rings is 2. The lowest BCUT2D eigenvalue weighted by Crippen LogP contribution is -1.97. The molecule has 3 N–H and O–H groups in total. The van der Waals surface area contributed by atoms with E-state index >= 15 is 0 Å². The van der Waals surface area contributed by atoms with Crippen LogP contribution >= 0.6 is 0 Å². The van der Waals surface area contributed by atoms with Gasteiger partial charge in [-0.25, -0.2) is 9.37 Å². The van der Waals surface area contributed by atoms with Gasteiger partial charge in [0, 0.05) is 11.3 Å². The lowest BCUT2D eigenvalue weighted by Gasteiger charge is -2.03.